The topological polar surface area (TPSA) is 68.3 Å². The summed E-state index contributed by atoms with van der Waals surface area (Å²) in [5.74, 6) is -0.666. The van der Waals surface area contributed by atoms with E-state index in [4.69, 9.17) is 9.72 Å². The molecule has 5 nitrogen and oxygen atoms in total. The van der Waals surface area contributed by atoms with Gasteiger partial charge in [0, 0.05) is 20.3 Å². The average molecular weight is 535 g/mol. The zero-order valence-corrected chi connectivity index (χ0v) is 21.1. The van der Waals surface area contributed by atoms with E-state index in [0.717, 1.165) is 58.6 Å². The summed E-state index contributed by atoms with van der Waals surface area (Å²) >= 11 is 5.01. The molecule has 0 spiro atoms. The second kappa shape index (κ2) is 9.68. The Morgan fingerprint density at radius 3 is 2.68 bits per heavy atom. The van der Waals surface area contributed by atoms with Gasteiger partial charge in [-0.25, -0.2) is 9.78 Å². The van der Waals surface area contributed by atoms with Gasteiger partial charge in [-0.3, -0.25) is 4.79 Å². The van der Waals surface area contributed by atoms with Crippen LogP contribution in [0.15, 0.2) is 59.1 Å². The first kappa shape index (κ1) is 22.7. The number of rotatable bonds is 4. The predicted octanol–water partition coefficient (Wildman–Crippen LogP) is 7.03. The summed E-state index contributed by atoms with van der Waals surface area (Å²) < 4.78 is 6.03. The maximum Gasteiger partial charge on any atom is 0.341 e. The van der Waals surface area contributed by atoms with Crippen LogP contribution in [-0.2, 0) is 17.6 Å². The summed E-state index contributed by atoms with van der Waals surface area (Å²) in [6, 6.07) is 17.3. The molecule has 1 amide bonds. The van der Waals surface area contributed by atoms with Gasteiger partial charge in [0.05, 0.1) is 29.4 Å². The predicted molar refractivity (Wildman–Crippen MR) is 140 cm³/mol. The number of halogens is 1. The van der Waals surface area contributed by atoms with E-state index in [1.54, 1.807) is 0 Å². The van der Waals surface area contributed by atoms with E-state index in [-0.39, 0.29) is 5.91 Å². The normalized spacial score (nSPS) is 13.2. The highest BCUT2D eigenvalue weighted by atomic mass is 79.9. The molecule has 1 aliphatic rings. The van der Waals surface area contributed by atoms with Crippen molar-refractivity contribution in [2.24, 2.45) is 0 Å². The second-order valence-electron chi connectivity index (χ2n) is 8.30. The molecule has 5 rings (SSSR count). The fraction of sp³-hybridized carbons (Fsp3) is 0.222. The molecule has 0 atom stereocenters. The number of benzene rings is 2. The molecule has 0 aliphatic heterocycles. The Balaban J connectivity index is 1.59. The number of carbonyl (C=O) groups is 2. The van der Waals surface area contributed by atoms with E-state index in [9.17, 15) is 9.59 Å². The number of aromatic nitrogens is 1. The molecule has 0 saturated heterocycles. The monoisotopic (exact) mass is 534 g/mol. The minimum atomic E-state index is -0.399. The van der Waals surface area contributed by atoms with Crippen molar-refractivity contribution in [1.82, 2.24) is 4.98 Å². The van der Waals surface area contributed by atoms with E-state index >= 15 is 0 Å². The van der Waals surface area contributed by atoms with Crippen molar-refractivity contribution in [3.05, 3.63) is 80.6 Å². The average Bonchev–Trinajstić information content (AvgIpc) is 3.02. The van der Waals surface area contributed by atoms with Crippen LogP contribution in [0.4, 0.5) is 5.00 Å². The number of carbonyl (C=O) groups excluding carboxylic acids is 2. The molecule has 0 saturated carbocycles. The molecule has 0 bridgehead atoms. The lowest BCUT2D eigenvalue weighted by atomic mass is 10.0. The van der Waals surface area contributed by atoms with Crippen LogP contribution in [0.5, 0.6) is 0 Å². The zero-order valence-electron chi connectivity index (χ0n) is 18.7. The van der Waals surface area contributed by atoms with E-state index < -0.39 is 5.97 Å². The standard InChI is InChI=1S/C27H23BrN2O3S/c1-33-27(32)24-19-11-3-2-4-13-23(19)34-26(24)30-25(31)20-15-22(16-8-7-9-17(28)14-16)29-21-12-6-5-10-18(20)21/h5-10,12,14-15H,2-4,11,13H2,1H3,(H,30,31). The second-order valence-corrected chi connectivity index (χ2v) is 10.3. The van der Waals surface area contributed by atoms with Crippen LogP contribution >= 0.6 is 27.3 Å². The molecular weight excluding hydrogens is 512 g/mol. The third kappa shape index (κ3) is 4.38. The molecule has 1 aliphatic carbocycles. The van der Waals surface area contributed by atoms with Gasteiger partial charge in [0.15, 0.2) is 0 Å². The van der Waals surface area contributed by atoms with Crippen LogP contribution < -0.4 is 5.32 Å². The number of anilines is 1. The summed E-state index contributed by atoms with van der Waals surface area (Å²) in [5, 5.41) is 4.37. The van der Waals surface area contributed by atoms with Crippen LogP contribution in [-0.4, -0.2) is 24.0 Å². The Morgan fingerprint density at radius 1 is 1.03 bits per heavy atom. The summed E-state index contributed by atoms with van der Waals surface area (Å²) in [5.41, 5.74) is 4.40. The first-order chi connectivity index (χ1) is 16.5. The number of amides is 1. The maximum absolute atomic E-state index is 13.6. The molecule has 1 N–H and O–H groups in total. The van der Waals surface area contributed by atoms with Crippen molar-refractivity contribution in [3.8, 4) is 11.3 Å². The SMILES string of the molecule is COC(=O)c1c(NC(=O)c2cc(-c3cccc(Br)c3)nc3ccccc23)sc2c1CCCCC2. The molecule has 2 heterocycles. The van der Waals surface area contributed by atoms with Crippen molar-refractivity contribution in [3.63, 3.8) is 0 Å². The summed E-state index contributed by atoms with van der Waals surface area (Å²) in [7, 11) is 1.38. The molecule has 0 fully saturated rings. The van der Waals surface area contributed by atoms with Crippen molar-refractivity contribution in [2.75, 3.05) is 12.4 Å². The first-order valence-electron chi connectivity index (χ1n) is 11.2. The van der Waals surface area contributed by atoms with Gasteiger partial charge in [-0.15, -0.1) is 11.3 Å². The van der Waals surface area contributed by atoms with Gasteiger partial charge in [-0.1, -0.05) is 52.7 Å². The van der Waals surface area contributed by atoms with E-state index in [1.807, 2.05) is 54.6 Å². The largest absolute Gasteiger partial charge is 0.465 e. The molecule has 0 unspecified atom stereocenters. The van der Waals surface area contributed by atoms with Gasteiger partial charge in [0.2, 0.25) is 0 Å². The molecule has 34 heavy (non-hydrogen) atoms. The third-order valence-electron chi connectivity index (χ3n) is 6.12. The molecule has 0 radical (unpaired) electrons. The number of ether oxygens (including phenoxy) is 1. The van der Waals surface area contributed by atoms with Gasteiger partial charge in [-0.05, 0) is 55.5 Å². The van der Waals surface area contributed by atoms with Crippen LogP contribution in [0.25, 0.3) is 22.2 Å². The minimum Gasteiger partial charge on any atom is -0.465 e. The van der Waals surface area contributed by atoms with Crippen molar-refractivity contribution < 1.29 is 14.3 Å². The molecule has 2 aromatic heterocycles. The van der Waals surface area contributed by atoms with Crippen molar-refractivity contribution >= 4 is 55.0 Å². The lowest BCUT2D eigenvalue weighted by molar-refractivity contribution is 0.0601. The van der Waals surface area contributed by atoms with E-state index in [1.165, 1.54) is 23.3 Å². The Kier molecular flexibility index (Phi) is 6.48. The van der Waals surface area contributed by atoms with Crippen molar-refractivity contribution in [1.29, 1.82) is 0 Å². The van der Waals surface area contributed by atoms with Crippen molar-refractivity contribution in [2.45, 2.75) is 32.1 Å². The quantitative estimate of drug-likeness (QED) is 0.225. The fourth-order valence-electron chi connectivity index (χ4n) is 4.48. The first-order valence-corrected chi connectivity index (χ1v) is 12.9. The summed E-state index contributed by atoms with van der Waals surface area (Å²) in [6.45, 7) is 0. The highest BCUT2D eigenvalue weighted by molar-refractivity contribution is 9.10. The Bertz CT molecular complexity index is 1410. The van der Waals surface area contributed by atoms with Crippen LogP contribution in [0.1, 0.15) is 50.4 Å². The highest BCUT2D eigenvalue weighted by Gasteiger charge is 2.27. The third-order valence-corrected chi connectivity index (χ3v) is 7.82. The molecule has 2 aromatic carbocycles. The number of para-hydroxylation sites is 1. The maximum atomic E-state index is 13.6. The number of nitrogens with zero attached hydrogens (tertiary/aromatic N) is 1. The lowest BCUT2D eigenvalue weighted by Gasteiger charge is -2.11. The highest BCUT2D eigenvalue weighted by Crippen LogP contribution is 2.38. The molecule has 4 aromatic rings. The number of hydrogen-bond donors (Lipinski definition) is 1. The van der Waals surface area contributed by atoms with Gasteiger partial charge in [0.25, 0.3) is 5.91 Å². The van der Waals surface area contributed by atoms with Crippen LogP contribution in [0.3, 0.4) is 0 Å². The smallest absolute Gasteiger partial charge is 0.341 e. The minimum absolute atomic E-state index is 0.267. The van der Waals surface area contributed by atoms with Gasteiger partial charge < -0.3 is 10.1 Å². The summed E-state index contributed by atoms with van der Waals surface area (Å²) in [6.07, 6.45) is 5.02. The van der Waals surface area contributed by atoms with Gasteiger partial charge in [-0.2, -0.15) is 0 Å². The fourth-order valence-corrected chi connectivity index (χ4v) is 6.15. The number of methoxy groups -OCH3 is 1. The van der Waals surface area contributed by atoms with Crippen LogP contribution in [0, 0.1) is 0 Å². The number of thiophene rings is 1. The Labute approximate surface area is 210 Å². The van der Waals surface area contributed by atoms with Crippen LogP contribution in [0.2, 0.25) is 0 Å². The number of pyridine rings is 1. The van der Waals surface area contributed by atoms with E-state index in [0.29, 0.717) is 21.8 Å². The zero-order chi connectivity index (χ0) is 23.7. The molecular formula is C27H23BrN2O3S. The molecule has 172 valence electrons. The van der Waals surface area contributed by atoms with Gasteiger partial charge in [0.1, 0.15) is 5.00 Å². The Hall–Kier alpha value is -3.03. The number of esters is 1. The Morgan fingerprint density at radius 2 is 1.85 bits per heavy atom. The number of aryl methyl sites for hydroxylation is 1. The number of fused-ring (bicyclic) bond motifs is 2. The van der Waals surface area contributed by atoms with Gasteiger partial charge >= 0.3 is 5.97 Å². The summed E-state index contributed by atoms with van der Waals surface area (Å²) in [4.78, 5) is 32.3. The lowest BCUT2D eigenvalue weighted by Crippen LogP contribution is -2.15. The number of hydrogen-bond acceptors (Lipinski definition) is 5. The number of nitrogens with one attached hydrogen (secondary N) is 1. The van der Waals surface area contributed by atoms with E-state index in [2.05, 4.69) is 21.2 Å². The molecule has 7 heteroatoms.